The molecule has 0 spiro atoms. The molecule has 0 radical (unpaired) electrons. The van der Waals surface area contributed by atoms with Crippen molar-refractivity contribution in [3.05, 3.63) is 24.3 Å². The highest BCUT2D eigenvalue weighted by atomic mass is 32.2. The van der Waals surface area contributed by atoms with Crippen molar-refractivity contribution in [1.29, 1.82) is 0 Å². The summed E-state index contributed by atoms with van der Waals surface area (Å²) in [6, 6.07) is 6.06. The molecule has 6 heteroatoms. The standard InChI is InChI=1S/C11H17NO4S/c1-11(12,7-13)8-16-9-3-5-10(6-4-9)17(2,14)15/h3-6,13H,7-8,12H2,1-2H3. The second-order valence-corrected chi connectivity index (χ2v) is 6.36. The van der Waals surface area contributed by atoms with Crippen LogP contribution in [0.3, 0.4) is 0 Å². The van der Waals surface area contributed by atoms with Crippen LogP contribution in [0.2, 0.25) is 0 Å². The Labute approximate surface area is 101 Å². The van der Waals surface area contributed by atoms with Gasteiger partial charge in [0.1, 0.15) is 12.4 Å². The first-order valence-electron chi connectivity index (χ1n) is 5.07. The molecule has 5 nitrogen and oxygen atoms in total. The average molecular weight is 259 g/mol. The molecule has 17 heavy (non-hydrogen) atoms. The van der Waals surface area contributed by atoms with Crippen LogP contribution in [-0.4, -0.2) is 38.5 Å². The van der Waals surface area contributed by atoms with Crippen LogP contribution >= 0.6 is 0 Å². The molecular weight excluding hydrogens is 242 g/mol. The number of sulfone groups is 1. The van der Waals surface area contributed by atoms with E-state index in [9.17, 15) is 8.42 Å². The van der Waals surface area contributed by atoms with E-state index in [2.05, 4.69) is 0 Å². The number of aliphatic hydroxyl groups is 1. The first-order valence-corrected chi connectivity index (χ1v) is 6.96. The van der Waals surface area contributed by atoms with Crippen LogP contribution in [0.5, 0.6) is 5.75 Å². The minimum Gasteiger partial charge on any atom is -0.492 e. The van der Waals surface area contributed by atoms with E-state index in [0.29, 0.717) is 5.75 Å². The van der Waals surface area contributed by atoms with E-state index >= 15 is 0 Å². The van der Waals surface area contributed by atoms with E-state index in [1.165, 1.54) is 12.1 Å². The van der Waals surface area contributed by atoms with Crippen molar-refractivity contribution >= 4 is 9.84 Å². The van der Waals surface area contributed by atoms with Gasteiger partial charge in [0, 0.05) is 6.26 Å². The largest absolute Gasteiger partial charge is 0.492 e. The van der Waals surface area contributed by atoms with E-state index in [1.54, 1.807) is 19.1 Å². The van der Waals surface area contributed by atoms with Gasteiger partial charge in [-0.25, -0.2) is 8.42 Å². The fraction of sp³-hybridized carbons (Fsp3) is 0.455. The van der Waals surface area contributed by atoms with Crippen molar-refractivity contribution in [2.75, 3.05) is 19.5 Å². The quantitative estimate of drug-likeness (QED) is 0.787. The summed E-state index contributed by atoms with van der Waals surface area (Å²) < 4.78 is 27.8. The summed E-state index contributed by atoms with van der Waals surface area (Å²) in [5.74, 6) is 0.516. The Kier molecular flexibility index (Phi) is 4.13. The van der Waals surface area contributed by atoms with Crippen LogP contribution in [0.4, 0.5) is 0 Å². The van der Waals surface area contributed by atoms with Crippen molar-refractivity contribution in [2.24, 2.45) is 5.73 Å². The number of nitrogens with two attached hydrogens (primary N) is 1. The molecule has 0 aromatic heterocycles. The van der Waals surface area contributed by atoms with E-state index in [-0.39, 0.29) is 18.1 Å². The predicted octanol–water partition coefficient (Wildman–Crippen LogP) is 0.179. The summed E-state index contributed by atoms with van der Waals surface area (Å²) in [5, 5.41) is 8.94. The number of aliphatic hydroxyl groups excluding tert-OH is 1. The van der Waals surface area contributed by atoms with E-state index < -0.39 is 15.4 Å². The van der Waals surface area contributed by atoms with Gasteiger partial charge in [0.05, 0.1) is 17.0 Å². The lowest BCUT2D eigenvalue weighted by atomic mass is 10.1. The Morgan fingerprint density at radius 1 is 1.35 bits per heavy atom. The molecule has 1 aromatic rings. The number of hydrogen-bond acceptors (Lipinski definition) is 5. The number of hydrogen-bond donors (Lipinski definition) is 2. The summed E-state index contributed by atoms with van der Waals surface area (Å²) in [5.41, 5.74) is 4.88. The third-order valence-electron chi connectivity index (χ3n) is 2.18. The van der Waals surface area contributed by atoms with Crippen LogP contribution in [0.1, 0.15) is 6.92 Å². The summed E-state index contributed by atoms with van der Waals surface area (Å²) in [6.45, 7) is 1.63. The number of ether oxygens (including phenoxy) is 1. The van der Waals surface area contributed by atoms with Crippen molar-refractivity contribution in [1.82, 2.24) is 0 Å². The third kappa shape index (κ3) is 4.33. The van der Waals surface area contributed by atoms with Crippen molar-refractivity contribution in [2.45, 2.75) is 17.4 Å². The lowest BCUT2D eigenvalue weighted by Gasteiger charge is -2.21. The van der Waals surface area contributed by atoms with Crippen LogP contribution in [0.25, 0.3) is 0 Å². The smallest absolute Gasteiger partial charge is 0.175 e. The molecule has 0 heterocycles. The van der Waals surface area contributed by atoms with Gasteiger partial charge < -0.3 is 15.6 Å². The average Bonchev–Trinajstić information content (AvgIpc) is 2.26. The number of benzene rings is 1. The highest BCUT2D eigenvalue weighted by molar-refractivity contribution is 7.90. The fourth-order valence-electron chi connectivity index (χ4n) is 1.08. The van der Waals surface area contributed by atoms with Crippen molar-refractivity contribution in [3.8, 4) is 5.75 Å². The van der Waals surface area contributed by atoms with Gasteiger partial charge >= 0.3 is 0 Å². The topological polar surface area (TPSA) is 89.6 Å². The van der Waals surface area contributed by atoms with Crippen LogP contribution in [-0.2, 0) is 9.84 Å². The Bertz CT molecular complexity index is 465. The maximum atomic E-state index is 11.2. The lowest BCUT2D eigenvalue weighted by Crippen LogP contribution is -2.45. The van der Waals surface area contributed by atoms with Gasteiger partial charge in [0.2, 0.25) is 0 Å². The molecule has 0 saturated heterocycles. The van der Waals surface area contributed by atoms with Gasteiger partial charge in [-0.15, -0.1) is 0 Å². The molecule has 1 rings (SSSR count). The summed E-state index contributed by atoms with van der Waals surface area (Å²) in [7, 11) is -3.19. The molecule has 0 aliphatic rings. The van der Waals surface area contributed by atoms with Gasteiger partial charge in [-0.3, -0.25) is 0 Å². The SMILES string of the molecule is CC(N)(CO)COc1ccc(S(C)(=O)=O)cc1. The van der Waals surface area contributed by atoms with Gasteiger partial charge in [-0.2, -0.15) is 0 Å². The maximum absolute atomic E-state index is 11.2. The van der Waals surface area contributed by atoms with E-state index in [1.807, 2.05) is 0 Å². The molecule has 1 unspecified atom stereocenters. The summed E-state index contributed by atoms with van der Waals surface area (Å²) >= 11 is 0. The zero-order valence-electron chi connectivity index (χ0n) is 9.88. The highest BCUT2D eigenvalue weighted by Gasteiger charge is 2.18. The molecule has 0 amide bonds. The second kappa shape index (κ2) is 5.03. The molecule has 3 N–H and O–H groups in total. The van der Waals surface area contributed by atoms with Crippen LogP contribution in [0.15, 0.2) is 29.2 Å². The Balaban J connectivity index is 2.70. The summed E-state index contributed by atoms with van der Waals surface area (Å²) in [4.78, 5) is 0.238. The molecule has 1 atom stereocenters. The Hall–Kier alpha value is -1.11. The van der Waals surface area contributed by atoms with Crippen molar-refractivity contribution in [3.63, 3.8) is 0 Å². The molecule has 96 valence electrons. The molecule has 0 fully saturated rings. The van der Waals surface area contributed by atoms with E-state index in [0.717, 1.165) is 6.26 Å². The Morgan fingerprint density at radius 3 is 2.29 bits per heavy atom. The lowest BCUT2D eigenvalue weighted by molar-refractivity contribution is 0.146. The molecular formula is C11H17NO4S. The maximum Gasteiger partial charge on any atom is 0.175 e. The molecule has 0 aliphatic carbocycles. The third-order valence-corrected chi connectivity index (χ3v) is 3.31. The Morgan fingerprint density at radius 2 is 1.88 bits per heavy atom. The second-order valence-electron chi connectivity index (χ2n) is 4.34. The minimum atomic E-state index is -3.19. The number of rotatable bonds is 5. The van der Waals surface area contributed by atoms with Crippen LogP contribution in [0, 0.1) is 0 Å². The molecule has 1 aromatic carbocycles. The predicted molar refractivity (Wildman–Crippen MR) is 64.7 cm³/mol. The minimum absolute atomic E-state index is 0.154. The molecule has 0 aliphatic heterocycles. The zero-order chi connectivity index (χ0) is 13.1. The van der Waals surface area contributed by atoms with Gasteiger partial charge in [0.15, 0.2) is 9.84 Å². The van der Waals surface area contributed by atoms with E-state index in [4.69, 9.17) is 15.6 Å². The molecule has 0 bridgehead atoms. The first kappa shape index (κ1) is 14.0. The summed E-state index contributed by atoms with van der Waals surface area (Å²) in [6.07, 6.45) is 1.14. The first-order chi connectivity index (χ1) is 7.74. The highest BCUT2D eigenvalue weighted by Crippen LogP contribution is 2.16. The zero-order valence-corrected chi connectivity index (χ0v) is 10.7. The van der Waals surface area contributed by atoms with Gasteiger partial charge in [-0.05, 0) is 31.2 Å². The van der Waals surface area contributed by atoms with Crippen molar-refractivity contribution < 1.29 is 18.3 Å². The fourth-order valence-corrected chi connectivity index (χ4v) is 1.71. The normalized spacial score (nSPS) is 15.3. The van der Waals surface area contributed by atoms with Crippen LogP contribution < -0.4 is 10.5 Å². The molecule has 0 saturated carbocycles. The monoisotopic (exact) mass is 259 g/mol. The van der Waals surface area contributed by atoms with Gasteiger partial charge in [0.25, 0.3) is 0 Å². The van der Waals surface area contributed by atoms with Gasteiger partial charge in [-0.1, -0.05) is 0 Å².